The summed E-state index contributed by atoms with van der Waals surface area (Å²) < 4.78 is 7.12. The van der Waals surface area contributed by atoms with Crippen molar-refractivity contribution in [3.8, 4) is 5.75 Å². The van der Waals surface area contributed by atoms with Crippen LogP contribution in [0.25, 0.3) is 10.8 Å². The zero-order valence-electron chi connectivity index (χ0n) is 20.6. The SMILES string of the molecule is COc1ccc(C2c3sc(=O)n(CC(=O)Nc4ccc5ccccc5c4)c3SC3C4CCC(C4)C23)cc1. The summed E-state index contributed by atoms with van der Waals surface area (Å²) in [6.07, 6.45) is 3.86. The number of thioether (sulfide) groups is 1. The van der Waals surface area contributed by atoms with Gasteiger partial charge in [0.1, 0.15) is 12.3 Å². The molecule has 2 saturated carbocycles. The summed E-state index contributed by atoms with van der Waals surface area (Å²) in [5.74, 6) is 2.82. The predicted octanol–water partition coefficient (Wildman–Crippen LogP) is 6.36. The molecule has 2 heterocycles. The normalized spacial score (nSPS) is 25.6. The van der Waals surface area contributed by atoms with Crippen LogP contribution in [0.4, 0.5) is 5.69 Å². The summed E-state index contributed by atoms with van der Waals surface area (Å²) in [4.78, 5) is 27.5. The molecule has 188 valence electrons. The molecule has 1 aromatic heterocycles. The van der Waals surface area contributed by atoms with Gasteiger partial charge >= 0.3 is 4.87 Å². The predicted molar refractivity (Wildman–Crippen MR) is 150 cm³/mol. The topological polar surface area (TPSA) is 60.3 Å². The Bertz CT molecular complexity index is 1560. The second-order valence-corrected chi connectivity index (χ2v) is 12.6. The first kappa shape index (κ1) is 23.1. The monoisotopic (exact) mass is 528 g/mol. The fraction of sp³-hybridized carbons (Fsp3) is 0.333. The van der Waals surface area contributed by atoms with Gasteiger partial charge < -0.3 is 10.1 Å². The average Bonchev–Trinajstić information content (AvgIpc) is 3.62. The van der Waals surface area contributed by atoms with Crippen molar-refractivity contribution in [3.63, 3.8) is 0 Å². The minimum atomic E-state index is -0.172. The summed E-state index contributed by atoms with van der Waals surface area (Å²) in [6.45, 7) is 0.0330. The molecule has 0 saturated heterocycles. The minimum Gasteiger partial charge on any atom is -0.497 e. The highest BCUT2D eigenvalue weighted by atomic mass is 32.2. The number of nitrogens with one attached hydrogen (secondary N) is 1. The van der Waals surface area contributed by atoms with Crippen LogP contribution in [0.2, 0.25) is 0 Å². The first-order chi connectivity index (χ1) is 18.1. The quantitative estimate of drug-likeness (QED) is 0.327. The fourth-order valence-corrected chi connectivity index (χ4v) is 10.0. The smallest absolute Gasteiger partial charge is 0.308 e. The number of aromatic nitrogens is 1. The van der Waals surface area contributed by atoms with Crippen molar-refractivity contribution in [2.24, 2.45) is 17.8 Å². The van der Waals surface area contributed by atoms with Crippen LogP contribution in [0, 0.1) is 17.8 Å². The zero-order chi connectivity index (χ0) is 25.1. The molecule has 37 heavy (non-hydrogen) atoms. The van der Waals surface area contributed by atoms with E-state index in [1.165, 1.54) is 36.2 Å². The van der Waals surface area contributed by atoms with Crippen molar-refractivity contribution in [1.29, 1.82) is 0 Å². The first-order valence-corrected chi connectivity index (χ1v) is 14.6. The Kier molecular flexibility index (Phi) is 5.66. The summed E-state index contributed by atoms with van der Waals surface area (Å²) in [5.41, 5.74) is 2.00. The minimum absolute atomic E-state index is 0.0330. The van der Waals surface area contributed by atoms with Crippen molar-refractivity contribution in [2.75, 3.05) is 12.4 Å². The molecule has 3 aromatic carbocycles. The zero-order valence-corrected chi connectivity index (χ0v) is 22.2. The molecule has 4 aromatic rings. The third-order valence-electron chi connectivity index (χ3n) is 8.50. The van der Waals surface area contributed by atoms with E-state index in [0.717, 1.165) is 32.1 Å². The summed E-state index contributed by atoms with van der Waals surface area (Å²) in [7, 11) is 1.69. The number of methoxy groups -OCH3 is 1. The van der Waals surface area contributed by atoms with E-state index in [1.54, 1.807) is 11.7 Å². The number of fused-ring (bicyclic) bond motifs is 7. The van der Waals surface area contributed by atoms with Gasteiger partial charge in [-0.25, -0.2) is 0 Å². The summed E-state index contributed by atoms with van der Waals surface area (Å²) >= 11 is 3.19. The van der Waals surface area contributed by atoms with E-state index >= 15 is 0 Å². The van der Waals surface area contributed by atoms with Crippen LogP contribution < -0.4 is 14.9 Å². The van der Waals surface area contributed by atoms with Crippen molar-refractivity contribution in [2.45, 2.75) is 42.0 Å². The number of benzene rings is 3. The van der Waals surface area contributed by atoms with Gasteiger partial charge in [-0.1, -0.05) is 53.8 Å². The third-order valence-corrected chi connectivity index (χ3v) is 11.3. The summed E-state index contributed by atoms with van der Waals surface area (Å²) in [6, 6.07) is 22.4. The second kappa shape index (κ2) is 9.07. The number of ether oxygens (including phenoxy) is 1. The Morgan fingerprint density at radius 3 is 2.62 bits per heavy atom. The van der Waals surface area contributed by atoms with Gasteiger partial charge in [0.05, 0.1) is 12.1 Å². The Morgan fingerprint density at radius 1 is 1.03 bits per heavy atom. The van der Waals surface area contributed by atoms with Gasteiger partial charge in [-0.2, -0.15) is 0 Å². The van der Waals surface area contributed by atoms with Gasteiger partial charge in [0, 0.05) is 21.7 Å². The lowest BCUT2D eigenvalue weighted by molar-refractivity contribution is -0.116. The molecule has 1 amide bonds. The van der Waals surface area contributed by atoms with E-state index in [-0.39, 0.29) is 23.2 Å². The molecule has 7 heteroatoms. The highest BCUT2D eigenvalue weighted by Gasteiger charge is 2.55. The van der Waals surface area contributed by atoms with Gasteiger partial charge in [-0.15, -0.1) is 11.8 Å². The van der Waals surface area contributed by atoms with E-state index in [1.807, 2.05) is 60.3 Å². The maximum Gasteiger partial charge on any atom is 0.308 e. The molecule has 0 radical (unpaired) electrons. The number of hydrogen-bond acceptors (Lipinski definition) is 5. The Balaban J connectivity index is 1.22. The van der Waals surface area contributed by atoms with E-state index in [4.69, 9.17) is 4.74 Å². The van der Waals surface area contributed by atoms with Crippen LogP contribution in [0.5, 0.6) is 5.75 Å². The molecule has 1 aliphatic heterocycles. The fourth-order valence-electron chi connectivity index (χ4n) is 6.88. The highest BCUT2D eigenvalue weighted by Crippen LogP contribution is 2.64. The number of carbonyl (C=O) groups is 1. The molecule has 2 aliphatic carbocycles. The van der Waals surface area contributed by atoms with Crippen molar-refractivity contribution in [1.82, 2.24) is 4.57 Å². The molecule has 7 rings (SSSR count). The molecule has 3 aliphatic rings. The molecular weight excluding hydrogens is 500 g/mol. The maximum atomic E-state index is 13.3. The standard InChI is InChI=1S/C30H28N2O3S2/c1-35-23-12-9-18(10-13-23)25-26-20-6-7-21(14-20)27(26)36-29-28(25)37-30(34)32(29)16-24(33)31-22-11-8-17-4-2-3-5-19(17)15-22/h2-5,8-13,15,20-21,25-27H,6-7,14,16H2,1H3,(H,31,33). The largest absolute Gasteiger partial charge is 0.497 e. The number of thiazole rings is 1. The van der Waals surface area contributed by atoms with E-state index < -0.39 is 0 Å². The van der Waals surface area contributed by atoms with Crippen molar-refractivity contribution < 1.29 is 9.53 Å². The molecule has 1 N–H and O–H groups in total. The van der Waals surface area contributed by atoms with Crippen LogP contribution in [0.3, 0.4) is 0 Å². The van der Waals surface area contributed by atoms with Crippen LogP contribution in [0.15, 0.2) is 76.6 Å². The Morgan fingerprint density at radius 2 is 1.81 bits per heavy atom. The first-order valence-electron chi connectivity index (χ1n) is 12.9. The lowest BCUT2D eigenvalue weighted by Crippen LogP contribution is -2.34. The van der Waals surface area contributed by atoms with E-state index in [9.17, 15) is 9.59 Å². The molecule has 2 fully saturated rings. The number of carbonyl (C=O) groups excluding carboxylic acids is 1. The lowest BCUT2D eigenvalue weighted by Gasteiger charge is -2.40. The third kappa shape index (κ3) is 3.91. The summed E-state index contributed by atoms with van der Waals surface area (Å²) in [5, 5.41) is 6.72. The second-order valence-electron chi connectivity index (χ2n) is 10.5. The molecule has 0 spiro atoms. The molecule has 5 atom stereocenters. The van der Waals surface area contributed by atoms with Gasteiger partial charge in [-0.05, 0) is 77.6 Å². The number of amides is 1. The van der Waals surface area contributed by atoms with Crippen LogP contribution in [0.1, 0.15) is 35.6 Å². The number of nitrogens with zero attached hydrogens (tertiary/aromatic N) is 1. The van der Waals surface area contributed by atoms with Crippen molar-refractivity contribution >= 4 is 45.5 Å². The average molecular weight is 529 g/mol. The maximum absolute atomic E-state index is 13.3. The van der Waals surface area contributed by atoms with Crippen LogP contribution in [-0.2, 0) is 11.3 Å². The van der Waals surface area contributed by atoms with Gasteiger partial charge in [0.15, 0.2) is 0 Å². The Labute approximate surface area is 223 Å². The van der Waals surface area contributed by atoms with Crippen LogP contribution >= 0.6 is 23.1 Å². The van der Waals surface area contributed by atoms with Gasteiger partial charge in [-0.3, -0.25) is 14.2 Å². The Hall–Kier alpha value is -3.03. The number of rotatable bonds is 5. The molecule has 5 unspecified atom stereocenters. The molecular formula is C30H28N2O3S2. The highest BCUT2D eigenvalue weighted by molar-refractivity contribution is 8.00. The molecule has 5 nitrogen and oxygen atoms in total. The van der Waals surface area contributed by atoms with E-state index in [2.05, 4.69) is 23.5 Å². The van der Waals surface area contributed by atoms with Crippen molar-refractivity contribution in [3.05, 3.63) is 86.8 Å². The van der Waals surface area contributed by atoms with Gasteiger partial charge in [0.25, 0.3) is 0 Å². The van der Waals surface area contributed by atoms with Gasteiger partial charge in [0.2, 0.25) is 5.91 Å². The lowest BCUT2D eigenvalue weighted by atomic mass is 9.75. The van der Waals surface area contributed by atoms with Crippen LogP contribution in [-0.4, -0.2) is 22.8 Å². The van der Waals surface area contributed by atoms with E-state index in [0.29, 0.717) is 23.0 Å². The molecule has 2 bridgehead atoms. The number of anilines is 1. The number of hydrogen-bond donors (Lipinski definition) is 1.